The van der Waals surface area contributed by atoms with Crippen molar-refractivity contribution >= 4 is 17.8 Å². The van der Waals surface area contributed by atoms with E-state index in [9.17, 15) is 14.4 Å². The maximum atomic E-state index is 13.1. The Balaban J connectivity index is 1.53. The molecule has 1 unspecified atom stereocenters. The van der Waals surface area contributed by atoms with E-state index in [1.165, 1.54) is 0 Å². The molecule has 0 bridgehead atoms. The van der Waals surface area contributed by atoms with Crippen LogP contribution in [0.1, 0.15) is 50.1 Å². The number of ether oxygens (including phenoxy) is 2. The Bertz CT molecular complexity index is 834. The highest BCUT2D eigenvalue weighted by Crippen LogP contribution is 2.39. The minimum absolute atomic E-state index is 0.172. The van der Waals surface area contributed by atoms with Gasteiger partial charge in [-0.05, 0) is 43.9 Å². The molecular weight excluding hydrogens is 374 g/mol. The number of likely N-dealkylation sites (tertiary alicyclic amines) is 1. The van der Waals surface area contributed by atoms with E-state index in [-0.39, 0.29) is 24.4 Å². The molecule has 0 aromatic heterocycles. The van der Waals surface area contributed by atoms with E-state index in [1.54, 1.807) is 19.1 Å². The van der Waals surface area contributed by atoms with E-state index in [0.29, 0.717) is 30.9 Å². The number of carbonyl (C=O) groups excluding carboxylic acids is 3. The third-order valence-electron chi connectivity index (χ3n) is 6.37. The van der Waals surface area contributed by atoms with Gasteiger partial charge < -0.3 is 19.7 Å². The number of hydrogen-bond acceptors (Lipinski definition) is 5. The predicted molar refractivity (Wildman–Crippen MR) is 105 cm³/mol. The van der Waals surface area contributed by atoms with Gasteiger partial charge in [-0.1, -0.05) is 12.8 Å². The van der Waals surface area contributed by atoms with Crippen molar-refractivity contribution in [3.8, 4) is 11.5 Å². The van der Waals surface area contributed by atoms with Crippen LogP contribution in [0.25, 0.3) is 0 Å². The molecule has 8 nitrogen and oxygen atoms in total. The van der Waals surface area contributed by atoms with Crippen molar-refractivity contribution in [2.45, 2.75) is 50.1 Å². The van der Waals surface area contributed by atoms with Crippen LogP contribution in [0.4, 0.5) is 4.79 Å². The number of imide groups is 1. The molecule has 1 aliphatic carbocycles. The lowest BCUT2D eigenvalue weighted by molar-refractivity contribution is -0.139. The lowest BCUT2D eigenvalue weighted by atomic mass is 9.98. The number of urea groups is 1. The number of amides is 4. The second-order valence-electron chi connectivity index (χ2n) is 7.96. The Morgan fingerprint density at radius 2 is 1.93 bits per heavy atom. The average molecular weight is 401 g/mol. The van der Waals surface area contributed by atoms with Crippen molar-refractivity contribution < 1.29 is 23.9 Å². The minimum atomic E-state index is -0.794. The highest BCUT2D eigenvalue weighted by molar-refractivity contribution is 6.09. The second-order valence-corrected chi connectivity index (χ2v) is 7.96. The summed E-state index contributed by atoms with van der Waals surface area (Å²) < 4.78 is 10.8. The summed E-state index contributed by atoms with van der Waals surface area (Å²) >= 11 is 0. The number of nitrogens with one attached hydrogen (secondary N) is 1. The number of methoxy groups -OCH3 is 2. The highest BCUT2D eigenvalue weighted by Gasteiger charge is 2.53. The molecule has 3 aliphatic rings. The van der Waals surface area contributed by atoms with Crippen LogP contribution in [0.5, 0.6) is 11.5 Å². The Hall–Kier alpha value is -2.77. The summed E-state index contributed by atoms with van der Waals surface area (Å²) in [5.41, 5.74) is 0.0831. The molecule has 2 heterocycles. The molecule has 4 amide bonds. The molecule has 156 valence electrons. The molecule has 1 saturated carbocycles. The fourth-order valence-electron chi connectivity index (χ4n) is 4.85. The van der Waals surface area contributed by atoms with Crippen LogP contribution < -0.4 is 14.8 Å². The Labute approximate surface area is 170 Å². The highest BCUT2D eigenvalue weighted by atomic mass is 16.5. The zero-order valence-corrected chi connectivity index (χ0v) is 16.9. The van der Waals surface area contributed by atoms with Crippen LogP contribution in [-0.4, -0.2) is 60.5 Å². The molecule has 8 heteroatoms. The van der Waals surface area contributed by atoms with Crippen LogP contribution in [-0.2, 0) is 9.59 Å². The molecule has 2 aliphatic heterocycles. The molecular formula is C21H27N3O5. The van der Waals surface area contributed by atoms with E-state index in [0.717, 1.165) is 36.1 Å². The van der Waals surface area contributed by atoms with Crippen molar-refractivity contribution in [1.82, 2.24) is 15.1 Å². The largest absolute Gasteiger partial charge is 0.497 e. The van der Waals surface area contributed by atoms with Gasteiger partial charge in [-0.3, -0.25) is 14.5 Å². The normalized spacial score (nSPS) is 23.0. The van der Waals surface area contributed by atoms with Gasteiger partial charge in [-0.2, -0.15) is 0 Å². The van der Waals surface area contributed by atoms with Crippen LogP contribution >= 0.6 is 0 Å². The maximum Gasteiger partial charge on any atom is 0.325 e. The zero-order chi connectivity index (χ0) is 20.6. The first kappa shape index (κ1) is 19.5. The molecule has 1 spiro atoms. The first-order chi connectivity index (χ1) is 14.0. The Morgan fingerprint density at radius 3 is 2.62 bits per heavy atom. The van der Waals surface area contributed by atoms with Gasteiger partial charge in [0.05, 0.1) is 20.3 Å². The van der Waals surface area contributed by atoms with Crippen LogP contribution in [0.15, 0.2) is 18.2 Å². The number of carbonyl (C=O) groups is 3. The number of nitrogens with zero attached hydrogens (tertiary/aromatic N) is 2. The molecule has 1 aromatic carbocycles. The molecule has 4 rings (SSSR count). The average Bonchev–Trinajstić information content (AvgIpc) is 3.45. The van der Waals surface area contributed by atoms with Crippen molar-refractivity contribution in [3.63, 3.8) is 0 Å². The van der Waals surface area contributed by atoms with E-state index < -0.39 is 11.6 Å². The quantitative estimate of drug-likeness (QED) is 0.765. The molecule has 2 saturated heterocycles. The molecule has 29 heavy (non-hydrogen) atoms. The summed E-state index contributed by atoms with van der Waals surface area (Å²) in [6.07, 6.45) is 4.76. The molecule has 0 radical (unpaired) electrons. The Morgan fingerprint density at radius 1 is 1.17 bits per heavy atom. The smallest absolute Gasteiger partial charge is 0.325 e. The minimum Gasteiger partial charge on any atom is -0.497 e. The van der Waals surface area contributed by atoms with E-state index in [1.807, 2.05) is 18.2 Å². The van der Waals surface area contributed by atoms with Crippen LogP contribution in [0.3, 0.4) is 0 Å². The standard InChI is InChI=1S/C21H27N3O5/c1-28-14-7-8-17(29-2)15(12-14)16-6-5-11-23(16)18(25)13-24-19(26)21(22-20(24)27)9-3-4-10-21/h7-8,12,16H,3-6,9-11,13H2,1-2H3,(H,22,27). The molecule has 3 fully saturated rings. The van der Waals surface area contributed by atoms with E-state index in [2.05, 4.69) is 5.32 Å². The third-order valence-corrected chi connectivity index (χ3v) is 6.37. The van der Waals surface area contributed by atoms with Gasteiger partial charge in [0.1, 0.15) is 23.6 Å². The molecule has 1 N–H and O–H groups in total. The lowest BCUT2D eigenvalue weighted by Gasteiger charge is -2.28. The van der Waals surface area contributed by atoms with Crippen molar-refractivity contribution in [1.29, 1.82) is 0 Å². The van der Waals surface area contributed by atoms with Crippen molar-refractivity contribution in [3.05, 3.63) is 23.8 Å². The summed E-state index contributed by atoms with van der Waals surface area (Å²) in [7, 11) is 3.19. The fourth-order valence-corrected chi connectivity index (χ4v) is 4.85. The number of hydrogen-bond donors (Lipinski definition) is 1. The van der Waals surface area contributed by atoms with Crippen LogP contribution in [0.2, 0.25) is 0 Å². The summed E-state index contributed by atoms with van der Waals surface area (Å²) in [5, 5.41) is 2.83. The lowest BCUT2D eigenvalue weighted by Crippen LogP contribution is -2.46. The SMILES string of the molecule is COc1ccc(OC)c(C2CCCN2C(=O)CN2C(=O)NC3(CCCC3)C2=O)c1. The van der Waals surface area contributed by atoms with Crippen molar-refractivity contribution in [2.75, 3.05) is 27.3 Å². The summed E-state index contributed by atoms with van der Waals surface area (Å²) in [4.78, 5) is 41.2. The van der Waals surface area contributed by atoms with Gasteiger partial charge in [-0.15, -0.1) is 0 Å². The topological polar surface area (TPSA) is 88.2 Å². The van der Waals surface area contributed by atoms with Crippen LogP contribution in [0, 0.1) is 0 Å². The van der Waals surface area contributed by atoms with Crippen molar-refractivity contribution in [2.24, 2.45) is 0 Å². The van der Waals surface area contributed by atoms with Gasteiger partial charge in [-0.25, -0.2) is 4.79 Å². The predicted octanol–water partition coefficient (Wildman–Crippen LogP) is 2.23. The zero-order valence-electron chi connectivity index (χ0n) is 16.9. The monoisotopic (exact) mass is 401 g/mol. The second kappa shape index (κ2) is 7.57. The molecule has 1 atom stereocenters. The maximum absolute atomic E-state index is 13.1. The van der Waals surface area contributed by atoms with Gasteiger partial charge in [0.15, 0.2) is 0 Å². The summed E-state index contributed by atoms with van der Waals surface area (Å²) in [5.74, 6) is 0.895. The third kappa shape index (κ3) is 3.30. The van der Waals surface area contributed by atoms with E-state index >= 15 is 0 Å². The van der Waals surface area contributed by atoms with Gasteiger partial charge in [0.25, 0.3) is 5.91 Å². The van der Waals surface area contributed by atoms with Gasteiger partial charge in [0, 0.05) is 12.1 Å². The van der Waals surface area contributed by atoms with Gasteiger partial charge >= 0.3 is 6.03 Å². The summed E-state index contributed by atoms with van der Waals surface area (Å²) in [6, 6.07) is 4.90. The first-order valence-electron chi connectivity index (χ1n) is 10.1. The van der Waals surface area contributed by atoms with Gasteiger partial charge in [0.2, 0.25) is 5.91 Å². The number of benzene rings is 1. The molecule has 1 aromatic rings. The summed E-state index contributed by atoms with van der Waals surface area (Å²) in [6.45, 7) is 0.355. The first-order valence-corrected chi connectivity index (χ1v) is 10.1. The Kier molecular flexibility index (Phi) is 5.10. The van der Waals surface area contributed by atoms with E-state index in [4.69, 9.17) is 9.47 Å². The number of rotatable bonds is 5. The fraction of sp³-hybridized carbons (Fsp3) is 0.571.